The third kappa shape index (κ3) is 6.08. The van der Waals surface area contributed by atoms with E-state index in [-0.39, 0.29) is 17.3 Å². The number of para-hydroxylation sites is 1. The Labute approximate surface area is 207 Å². The van der Waals surface area contributed by atoms with Crippen molar-refractivity contribution >= 4 is 27.5 Å². The maximum absolute atomic E-state index is 13.7. The summed E-state index contributed by atoms with van der Waals surface area (Å²) < 4.78 is 28.4. The summed E-state index contributed by atoms with van der Waals surface area (Å²) in [5.74, 6) is -0.816. The van der Waals surface area contributed by atoms with Crippen LogP contribution in [0.15, 0.2) is 83.8 Å². The number of nitrogens with one attached hydrogen (secondary N) is 1. The summed E-state index contributed by atoms with van der Waals surface area (Å²) in [6, 6.07) is 21.8. The molecular formula is C27H31N3O4S. The first-order chi connectivity index (χ1) is 16.6. The van der Waals surface area contributed by atoms with Crippen LogP contribution in [0.25, 0.3) is 0 Å². The Kier molecular flexibility index (Phi) is 8.30. The van der Waals surface area contributed by atoms with E-state index in [1.54, 1.807) is 49.4 Å². The van der Waals surface area contributed by atoms with Gasteiger partial charge in [0.2, 0.25) is 11.8 Å². The molecule has 2 amide bonds. The molecule has 7 nitrogen and oxygen atoms in total. The highest BCUT2D eigenvalue weighted by atomic mass is 32.2. The molecule has 184 valence electrons. The molecule has 0 saturated heterocycles. The summed E-state index contributed by atoms with van der Waals surface area (Å²) in [7, 11) is -2.54. The first-order valence-electron chi connectivity index (χ1n) is 11.3. The molecule has 0 spiro atoms. The van der Waals surface area contributed by atoms with E-state index in [2.05, 4.69) is 5.32 Å². The Bertz CT molecular complexity index is 1280. The van der Waals surface area contributed by atoms with Gasteiger partial charge in [-0.05, 0) is 56.2 Å². The zero-order valence-electron chi connectivity index (χ0n) is 20.4. The molecule has 0 radical (unpaired) electrons. The fourth-order valence-corrected chi connectivity index (χ4v) is 5.14. The van der Waals surface area contributed by atoms with E-state index in [0.717, 1.165) is 21.0 Å². The Morgan fingerprint density at radius 2 is 1.49 bits per heavy atom. The van der Waals surface area contributed by atoms with Crippen LogP contribution < -0.4 is 9.62 Å². The van der Waals surface area contributed by atoms with Gasteiger partial charge in [0.1, 0.15) is 12.6 Å². The Morgan fingerprint density at radius 3 is 2.09 bits per heavy atom. The SMILES string of the molecule is CNC(=O)[C@H](C)N(Cc1ccccc1C)C(=O)CN(c1ccccc1)S(=O)(=O)c1ccc(C)cc1. The molecule has 0 aliphatic rings. The number of amides is 2. The van der Waals surface area contributed by atoms with Crippen molar-refractivity contribution in [3.05, 3.63) is 95.6 Å². The van der Waals surface area contributed by atoms with Crippen molar-refractivity contribution in [1.82, 2.24) is 10.2 Å². The van der Waals surface area contributed by atoms with Gasteiger partial charge in [-0.25, -0.2) is 8.42 Å². The fourth-order valence-electron chi connectivity index (χ4n) is 3.72. The molecule has 0 heterocycles. The molecule has 8 heteroatoms. The molecular weight excluding hydrogens is 462 g/mol. The second-order valence-electron chi connectivity index (χ2n) is 8.40. The summed E-state index contributed by atoms with van der Waals surface area (Å²) in [5, 5.41) is 2.58. The Hall–Kier alpha value is -3.65. The van der Waals surface area contributed by atoms with E-state index in [4.69, 9.17) is 0 Å². The van der Waals surface area contributed by atoms with Crippen molar-refractivity contribution in [2.45, 2.75) is 38.3 Å². The fraction of sp³-hybridized carbons (Fsp3) is 0.259. The lowest BCUT2D eigenvalue weighted by Gasteiger charge is -2.32. The quantitative estimate of drug-likeness (QED) is 0.493. The third-order valence-electron chi connectivity index (χ3n) is 5.95. The van der Waals surface area contributed by atoms with Gasteiger partial charge in [-0.3, -0.25) is 13.9 Å². The summed E-state index contributed by atoms with van der Waals surface area (Å²) in [5.41, 5.74) is 3.14. The summed E-state index contributed by atoms with van der Waals surface area (Å²) >= 11 is 0. The van der Waals surface area contributed by atoms with Gasteiger partial charge in [0.05, 0.1) is 10.6 Å². The van der Waals surface area contributed by atoms with E-state index >= 15 is 0 Å². The van der Waals surface area contributed by atoms with Crippen LogP contribution in [0.5, 0.6) is 0 Å². The van der Waals surface area contributed by atoms with E-state index in [0.29, 0.717) is 5.69 Å². The molecule has 0 aliphatic heterocycles. The molecule has 1 N–H and O–H groups in total. The second kappa shape index (κ2) is 11.2. The number of anilines is 1. The standard InChI is InChI=1S/C27H31N3O4S/c1-20-14-16-25(17-15-20)35(33,34)30(24-12-6-5-7-13-24)19-26(31)29(22(3)27(32)28-4)18-23-11-9-8-10-21(23)2/h5-17,22H,18-19H2,1-4H3,(H,28,32)/t22-/m0/s1. The van der Waals surface area contributed by atoms with Crippen molar-refractivity contribution < 1.29 is 18.0 Å². The van der Waals surface area contributed by atoms with Gasteiger partial charge in [-0.2, -0.15) is 0 Å². The first-order valence-corrected chi connectivity index (χ1v) is 12.8. The van der Waals surface area contributed by atoms with Crippen LogP contribution in [0.1, 0.15) is 23.6 Å². The highest BCUT2D eigenvalue weighted by molar-refractivity contribution is 7.92. The average molecular weight is 494 g/mol. The van der Waals surface area contributed by atoms with Gasteiger partial charge < -0.3 is 10.2 Å². The molecule has 0 saturated carbocycles. The molecule has 0 aromatic heterocycles. The van der Waals surface area contributed by atoms with Gasteiger partial charge in [0.15, 0.2) is 0 Å². The molecule has 0 bridgehead atoms. The molecule has 0 fully saturated rings. The van der Waals surface area contributed by atoms with E-state index in [1.807, 2.05) is 38.1 Å². The smallest absolute Gasteiger partial charge is 0.264 e. The van der Waals surface area contributed by atoms with Crippen molar-refractivity contribution in [1.29, 1.82) is 0 Å². The third-order valence-corrected chi connectivity index (χ3v) is 7.74. The number of likely N-dealkylation sites (N-methyl/N-ethyl adjacent to an activating group) is 1. The zero-order chi connectivity index (χ0) is 25.6. The minimum atomic E-state index is -4.05. The summed E-state index contributed by atoms with van der Waals surface area (Å²) in [4.78, 5) is 27.7. The van der Waals surface area contributed by atoms with Crippen LogP contribution in [0.4, 0.5) is 5.69 Å². The number of carbonyl (C=O) groups is 2. The Morgan fingerprint density at radius 1 is 0.886 bits per heavy atom. The lowest BCUT2D eigenvalue weighted by Crippen LogP contribution is -2.50. The topological polar surface area (TPSA) is 86.8 Å². The number of rotatable bonds is 9. The van der Waals surface area contributed by atoms with E-state index < -0.39 is 28.5 Å². The molecule has 35 heavy (non-hydrogen) atoms. The molecule has 3 rings (SSSR count). The van der Waals surface area contributed by atoms with Gasteiger partial charge in [0.25, 0.3) is 10.0 Å². The number of hydrogen-bond donors (Lipinski definition) is 1. The number of carbonyl (C=O) groups excluding carboxylic acids is 2. The summed E-state index contributed by atoms with van der Waals surface area (Å²) in [6.45, 7) is 5.16. The lowest BCUT2D eigenvalue weighted by molar-refractivity contribution is -0.139. The number of nitrogens with zero attached hydrogens (tertiary/aromatic N) is 2. The monoisotopic (exact) mass is 493 g/mol. The molecule has 0 aliphatic carbocycles. The minimum Gasteiger partial charge on any atom is -0.357 e. The van der Waals surface area contributed by atoms with Gasteiger partial charge in [0, 0.05) is 13.6 Å². The van der Waals surface area contributed by atoms with Crippen LogP contribution in [-0.4, -0.2) is 44.8 Å². The maximum Gasteiger partial charge on any atom is 0.264 e. The van der Waals surface area contributed by atoms with Crippen LogP contribution >= 0.6 is 0 Å². The van der Waals surface area contributed by atoms with Crippen LogP contribution in [0, 0.1) is 13.8 Å². The average Bonchev–Trinajstić information content (AvgIpc) is 2.86. The van der Waals surface area contributed by atoms with Gasteiger partial charge in [-0.15, -0.1) is 0 Å². The highest BCUT2D eigenvalue weighted by Crippen LogP contribution is 2.25. The molecule has 3 aromatic rings. The van der Waals surface area contributed by atoms with Crippen LogP contribution in [-0.2, 0) is 26.2 Å². The van der Waals surface area contributed by atoms with Crippen molar-refractivity contribution in [3.8, 4) is 0 Å². The lowest BCUT2D eigenvalue weighted by atomic mass is 10.1. The first kappa shape index (κ1) is 26.0. The maximum atomic E-state index is 13.7. The normalized spacial score (nSPS) is 12.0. The van der Waals surface area contributed by atoms with Crippen molar-refractivity contribution in [3.63, 3.8) is 0 Å². The van der Waals surface area contributed by atoms with Gasteiger partial charge in [-0.1, -0.05) is 60.2 Å². The molecule has 0 unspecified atom stereocenters. The zero-order valence-corrected chi connectivity index (χ0v) is 21.2. The predicted molar refractivity (Wildman–Crippen MR) is 137 cm³/mol. The minimum absolute atomic E-state index is 0.0876. The van der Waals surface area contributed by atoms with Crippen LogP contribution in [0.2, 0.25) is 0 Å². The number of aryl methyl sites for hydroxylation is 2. The number of hydrogen-bond acceptors (Lipinski definition) is 4. The molecule has 3 aromatic carbocycles. The van der Waals surface area contributed by atoms with E-state index in [1.165, 1.54) is 24.1 Å². The highest BCUT2D eigenvalue weighted by Gasteiger charge is 2.32. The predicted octanol–water partition coefficient (Wildman–Crippen LogP) is 3.66. The Balaban J connectivity index is 2.01. The van der Waals surface area contributed by atoms with Crippen molar-refractivity contribution in [2.24, 2.45) is 0 Å². The van der Waals surface area contributed by atoms with E-state index in [9.17, 15) is 18.0 Å². The second-order valence-corrected chi connectivity index (χ2v) is 10.3. The largest absolute Gasteiger partial charge is 0.357 e. The summed E-state index contributed by atoms with van der Waals surface area (Å²) in [6.07, 6.45) is 0. The van der Waals surface area contributed by atoms with Crippen LogP contribution in [0.3, 0.4) is 0 Å². The van der Waals surface area contributed by atoms with Gasteiger partial charge >= 0.3 is 0 Å². The molecule has 1 atom stereocenters. The number of benzene rings is 3. The van der Waals surface area contributed by atoms with Crippen molar-refractivity contribution in [2.75, 3.05) is 17.9 Å². The number of sulfonamides is 1.